The van der Waals surface area contributed by atoms with E-state index in [0.717, 1.165) is 27.9 Å². The Balaban J connectivity index is 1.52. The third-order valence-corrected chi connectivity index (χ3v) is 6.63. The number of aromatic nitrogens is 1. The normalized spacial score (nSPS) is 10.5. The van der Waals surface area contributed by atoms with Crippen LogP contribution in [0.15, 0.2) is 72.9 Å². The first-order valence-electron chi connectivity index (χ1n) is 11.7. The number of nitrogens with one attached hydrogen (secondary N) is 2. The SMILES string of the molecule is N#Cc1cc(NCc2ccc(Cl)cc2-c2ccc(C(=O)NCCC(=O)O)nc2)ccc1-c1ccc(Cl)cc1Cl. The van der Waals surface area contributed by atoms with Gasteiger partial charge in [0.05, 0.1) is 18.1 Å². The molecule has 10 heteroatoms. The first-order chi connectivity index (χ1) is 18.7. The van der Waals surface area contributed by atoms with Gasteiger partial charge in [-0.1, -0.05) is 59.1 Å². The molecule has 196 valence electrons. The van der Waals surface area contributed by atoms with Crippen LogP contribution < -0.4 is 10.6 Å². The van der Waals surface area contributed by atoms with Crippen molar-refractivity contribution in [3.63, 3.8) is 0 Å². The fourth-order valence-electron chi connectivity index (χ4n) is 3.92. The van der Waals surface area contributed by atoms with E-state index in [9.17, 15) is 14.9 Å². The fraction of sp³-hybridized carbons (Fsp3) is 0.103. The molecule has 39 heavy (non-hydrogen) atoms. The smallest absolute Gasteiger partial charge is 0.305 e. The van der Waals surface area contributed by atoms with Crippen LogP contribution in [0, 0.1) is 11.3 Å². The largest absolute Gasteiger partial charge is 0.481 e. The number of carbonyl (C=O) groups excluding carboxylic acids is 1. The molecule has 0 spiro atoms. The molecule has 0 saturated heterocycles. The Morgan fingerprint density at radius 3 is 2.33 bits per heavy atom. The number of nitrogens with zero attached hydrogens (tertiary/aromatic N) is 2. The highest BCUT2D eigenvalue weighted by Gasteiger charge is 2.13. The van der Waals surface area contributed by atoms with Crippen LogP contribution in [-0.4, -0.2) is 28.5 Å². The van der Waals surface area contributed by atoms with Crippen molar-refractivity contribution in [2.75, 3.05) is 11.9 Å². The molecule has 3 N–H and O–H groups in total. The van der Waals surface area contributed by atoms with Crippen LogP contribution in [0.25, 0.3) is 22.3 Å². The van der Waals surface area contributed by atoms with Crippen LogP contribution in [-0.2, 0) is 11.3 Å². The predicted octanol–water partition coefficient (Wildman–Crippen LogP) is 7.06. The molecule has 4 rings (SSSR count). The van der Waals surface area contributed by atoms with Gasteiger partial charge >= 0.3 is 5.97 Å². The maximum atomic E-state index is 12.2. The molecule has 0 bridgehead atoms. The van der Waals surface area contributed by atoms with Crippen LogP contribution in [0.1, 0.15) is 28.0 Å². The van der Waals surface area contributed by atoms with Gasteiger partial charge in [0.15, 0.2) is 0 Å². The fourth-order valence-corrected chi connectivity index (χ4v) is 4.60. The summed E-state index contributed by atoms with van der Waals surface area (Å²) in [6.45, 7) is 0.443. The Hall–Kier alpha value is -4.09. The van der Waals surface area contributed by atoms with Crippen LogP contribution in [0.2, 0.25) is 15.1 Å². The summed E-state index contributed by atoms with van der Waals surface area (Å²) in [6, 6.07) is 21.7. The van der Waals surface area contributed by atoms with Crippen molar-refractivity contribution in [2.45, 2.75) is 13.0 Å². The molecule has 0 radical (unpaired) electrons. The zero-order valence-electron chi connectivity index (χ0n) is 20.3. The lowest BCUT2D eigenvalue weighted by Crippen LogP contribution is -2.26. The zero-order valence-corrected chi connectivity index (χ0v) is 22.6. The standard InChI is InChI=1S/C29H21Cl3N4O3/c30-20-3-1-17(25(12-20)18-2-8-27(36-16-18)29(39)34-10-9-28(37)38)15-35-22-5-7-23(19(11-22)14-33)24-6-4-21(31)13-26(24)32/h1-8,11-13,16,35H,9-10,15H2,(H,34,39)(H,37,38). The van der Waals surface area contributed by atoms with E-state index in [4.69, 9.17) is 39.9 Å². The second kappa shape index (κ2) is 12.6. The number of amides is 1. The van der Waals surface area contributed by atoms with Gasteiger partial charge in [-0.15, -0.1) is 0 Å². The number of halogens is 3. The molecular formula is C29H21Cl3N4O3. The third-order valence-electron chi connectivity index (χ3n) is 5.85. The number of carboxylic acids is 1. The average Bonchev–Trinajstić information content (AvgIpc) is 2.92. The van der Waals surface area contributed by atoms with E-state index in [1.54, 1.807) is 48.7 Å². The van der Waals surface area contributed by atoms with Gasteiger partial charge in [0.25, 0.3) is 5.91 Å². The molecule has 0 aliphatic heterocycles. The summed E-state index contributed by atoms with van der Waals surface area (Å²) < 4.78 is 0. The topological polar surface area (TPSA) is 115 Å². The lowest BCUT2D eigenvalue weighted by atomic mass is 9.99. The molecule has 0 atom stereocenters. The van der Waals surface area contributed by atoms with E-state index in [-0.39, 0.29) is 18.7 Å². The van der Waals surface area contributed by atoms with Crippen molar-refractivity contribution in [3.8, 4) is 28.3 Å². The van der Waals surface area contributed by atoms with Gasteiger partial charge in [0, 0.05) is 56.7 Å². The van der Waals surface area contributed by atoms with Crippen molar-refractivity contribution in [3.05, 3.63) is 105 Å². The Labute approximate surface area is 240 Å². The highest BCUT2D eigenvalue weighted by atomic mass is 35.5. The Morgan fingerprint density at radius 1 is 0.897 bits per heavy atom. The molecule has 0 unspecified atom stereocenters. The number of hydrogen-bond donors (Lipinski definition) is 3. The number of carbonyl (C=O) groups is 2. The number of hydrogen-bond acceptors (Lipinski definition) is 5. The lowest BCUT2D eigenvalue weighted by molar-refractivity contribution is -0.136. The van der Waals surface area contributed by atoms with Crippen molar-refractivity contribution >= 4 is 52.4 Å². The number of aliphatic carboxylic acids is 1. The number of anilines is 1. The van der Waals surface area contributed by atoms with Crippen LogP contribution >= 0.6 is 34.8 Å². The molecule has 0 aliphatic carbocycles. The second-order valence-corrected chi connectivity index (χ2v) is 9.76. The number of benzene rings is 3. The minimum atomic E-state index is -0.994. The Kier molecular flexibility index (Phi) is 9.05. The van der Waals surface area contributed by atoms with Crippen LogP contribution in [0.5, 0.6) is 0 Å². The molecule has 3 aromatic carbocycles. The summed E-state index contributed by atoms with van der Waals surface area (Å²) in [6.07, 6.45) is 1.40. The minimum Gasteiger partial charge on any atom is -0.481 e. The van der Waals surface area contributed by atoms with E-state index in [2.05, 4.69) is 21.7 Å². The quantitative estimate of drug-likeness (QED) is 0.195. The molecule has 1 heterocycles. The Bertz CT molecular complexity index is 1580. The van der Waals surface area contributed by atoms with Crippen LogP contribution in [0.4, 0.5) is 5.69 Å². The highest BCUT2D eigenvalue weighted by molar-refractivity contribution is 6.36. The molecule has 4 aromatic rings. The molecule has 1 amide bonds. The first kappa shape index (κ1) is 27.9. The van der Waals surface area contributed by atoms with Gasteiger partial charge in [-0.2, -0.15) is 5.26 Å². The third kappa shape index (κ3) is 7.06. The average molecular weight is 580 g/mol. The number of nitriles is 1. The summed E-state index contributed by atoms with van der Waals surface area (Å²) >= 11 is 18.6. The zero-order chi connectivity index (χ0) is 27.9. The van der Waals surface area contributed by atoms with Crippen molar-refractivity contribution in [2.24, 2.45) is 0 Å². The van der Waals surface area contributed by atoms with Crippen molar-refractivity contribution < 1.29 is 14.7 Å². The number of pyridine rings is 1. The monoisotopic (exact) mass is 578 g/mol. The van der Waals surface area contributed by atoms with E-state index in [1.807, 2.05) is 24.3 Å². The maximum Gasteiger partial charge on any atom is 0.305 e. The molecule has 0 saturated carbocycles. The van der Waals surface area contributed by atoms with Gasteiger partial charge in [0.1, 0.15) is 5.69 Å². The number of rotatable bonds is 9. The van der Waals surface area contributed by atoms with Gasteiger partial charge < -0.3 is 15.7 Å². The van der Waals surface area contributed by atoms with Gasteiger partial charge in [-0.3, -0.25) is 14.6 Å². The lowest BCUT2D eigenvalue weighted by Gasteiger charge is -2.14. The van der Waals surface area contributed by atoms with E-state index < -0.39 is 11.9 Å². The van der Waals surface area contributed by atoms with Gasteiger partial charge in [-0.05, 0) is 53.6 Å². The number of carboxylic acid groups (broad SMARTS) is 1. The molecule has 0 aliphatic rings. The van der Waals surface area contributed by atoms with E-state index in [0.29, 0.717) is 32.7 Å². The van der Waals surface area contributed by atoms with Crippen LogP contribution in [0.3, 0.4) is 0 Å². The molecule has 1 aromatic heterocycles. The van der Waals surface area contributed by atoms with Crippen molar-refractivity contribution in [1.82, 2.24) is 10.3 Å². The second-order valence-electron chi connectivity index (χ2n) is 8.48. The van der Waals surface area contributed by atoms with Gasteiger partial charge in [-0.25, -0.2) is 0 Å². The van der Waals surface area contributed by atoms with E-state index >= 15 is 0 Å². The minimum absolute atomic E-state index is 0.0168. The highest BCUT2D eigenvalue weighted by Crippen LogP contribution is 2.34. The summed E-state index contributed by atoms with van der Waals surface area (Å²) in [4.78, 5) is 27.1. The summed E-state index contributed by atoms with van der Waals surface area (Å²) in [5, 5.41) is 25.9. The Morgan fingerprint density at radius 2 is 1.64 bits per heavy atom. The predicted molar refractivity (Wildman–Crippen MR) is 153 cm³/mol. The summed E-state index contributed by atoms with van der Waals surface area (Å²) in [5.41, 5.74) is 5.30. The maximum absolute atomic E-state index is 12.2. The van der Waals surface area contributed by atoms with E-state index in [1.165, 1.54) is 0 Å². The summed E-state index contributed by atoms with van der Waals surface area (Å²) in [7, 11) is 0. The summed E-state index contributed by atoms with van der Waals surface area (Å²) in [5.74, 6) is -1.45. The van der Waals surface area contributed by atoms with Gasteiger partial charge in [0.2, 0.25) is 0 Å². The molecule has 7 nitrogen and oxygen atoms in total. The first-order valence-corrected chi connectivity index (χ1v) is 12.9. The molecular weight excluding hydrogens is 559 g/mol. The van der Waals surface area contributed by atoms with Crippen molar-refractivity contribution in [1.29, 1.82) is 5.26 Å². The molecule has 0 fully saturated rings.